The number of benzene rings is 4. The molecule has 0 fully saturated rings. The van der Waals surface area contributed by atoms with E-state index in [1.165, 1.54) is 0 Å². The van der Waals surface area contributed by atoms with Crippen molar-refractivity contribution in [2.45, 2.75) is 6.61 Å². The summed E-state index contributed by atoms with van der Waals surface area (Å²) in [6.07, 6.45) is 1.60. The molecule has 0 unspecified atom stereocenters. The molecule has 0 atom stereocenters. The number of nitrogens with zero attached hydrogens (tertiary/aromatic N) is 1. The van der Waals surface area contributed by atoms with Crippen molar-refractivity contribution in [3.05, 3.63) is 108 Å². The van der Waals surface area contributed by atoms with Crippen molar-refractivity contribution < 1.29 is 19.4 Å². The maximum absolute atomic E-state index is 12.6. The molecule has 6 nitrogen and oxygen atoms in total. The van der Waals surface area contributed by atoms with Crippen molar-refractivity contribution in [1.29, 1.82) is 0 Å². The third-order valence-corrected chi connectivity index (χ3v) is 6.62. The van der Waals surface area contributed by atoms with Crippen LogP contribution in [-0.4, -0.2) is 23.2 Å². The van der Waals surface area contributed by atoms with Crippen molar-refractivity contribution in [3.8, 4) is 5.75 Å². The zero-order valence-corrected chi connectivity index (χ0v) is 22.0. The Morgan fingerprint density at radius 3 is 2.32 bits per heavy atom. The highest BCUT2D eigenvalue weighted by Gasteiger charge is 2.11. The number of carbonyl (C=O) groups is 2. The summed E-state index contributed by atoms with van der Waals surface area (Å²) in [5.74, 6) is -0.492. The highest BCUT2D eigenvalue weighted by atomic mass is 127. The van der Waals surface area contributed by atoms with Gasteiger partial charge < -0.3 is 9.84 Å². The average molecular weight is 676 g/mol. The molecule has 4 rings (SSSR count). The first kappa shape index (κ1) is 24.1. The molecule has 0 aliphatic rings. The maximum Gasteiger partial charge on any atom is 0.335 e. The van der Waals surface area contributed by atoms with E-state index in [0.29, 0.717) is 12.2 Å². The second-order valence-corrected chi connectivity index (χ2v) is 9.65. The Balaban J connectivity index is 1.42. The van der Waals surface area contributed by atoms with E-state index in [4.69, 9.17) is 9.84 Å². The number of fused-ring (bicyclic) bond motifs is 1. The van der Waals surface area contributed by atoms with E-state index < -0.39 is 5.97 Å². The molecule has 0 aliphatic carbocycles. The predicted molar refractivity (Wildman–Crippen MR) is 149 cm³/mol. The quantitative estimate of drug-likeness (QED) is 0.141. The van der Waals surface area contributed by atoms with Gasteiger partial charge in [0.2, 0.25) is 0 Å². The molecule has 0 saturated carbocycles. The van der Waals surface area contributed by atoms with Gasteiger partial charge in [0, 0.05) is 5.56 Å². The average Bonchev–Trinajstić information content (AvgIpc) is 2.83. The molecule has 0 aromatic heterocycles. The second-order valence-electron chi connectivity index (χ2n) is 7.33. The fourth-order valence-electron chi connectivity index (χ4n) is 3.34. The van der Waals surface area contributed by atoms with Crippen molar-refractivity contribution in [2.75, 3.05) is 0 Å². The highest BCUT2D eigenvalue weighted by Crippen LogP contribution is 2.29. The molecule has 8 heteroatoms. The Kier molecular flexibility index (Phi) is 7.78. The molecule has 4 aromatic carbocycles. The van der Waals surface area contributed by atoms with Crippen molar-refractivity contribution in [3.63, 3.8) is 0 Å². The van der Waals surface area contributed by atoms with Crippen LogP contribution < -0.4 is 10.2 Å². The number of carbonyl (C=O) groups excluding carboxylic acids is 1. The standard InChI is InChI=1S/C26H18I2N2O4/c27-22-12-17(13-23(28)24(22)34-15-16-8-10-19(11-9-16)26(32)33)14-29-30-25(31)21-7-3-5-18-4-1-2-6-20(18)21/h1-14H,15H2,(H,30,31)(H,32,33)/b29-14-. The number of hydrogen-bond donors (Lipinski definition) is 2. The number of carboxylic acid groups (broad SMARTS) is 1. The van der Waals surface area contributed by atoms with E-state index in [-0.39, 0.29) is 11.5 Å². The van der Waals surface area contributed by atoms with E-state index in [2.05, 4.69) is 55.7 Å². The smallest absolute Gasteiger partial charge is 0.335 e. The lowest BCUT2D eigenvalue weighted by atomic mass is 10.0. The Bertz CT molecular complexity index is 1370. The minimum absolute atomic E-state index is 0.240. The molecular formula is C26H18I2N2O4. The van der Waals surface area contributed by atoms with Crippen LogP contribution in [0.1, 0.15) is 31.8 Å². The number of hydrogen-bond acceptors (Lipinski definition) is 4. The molecule has 0 aliphatic heterocycles. The molecule has 0 spiro atoms. The van der Waals surface area contributed by atoms with Gasteiger partial charge in [-0.15, -0.1) is 0 Å². The van der Waals surface area contributed by atoms with Crippen LogP contribution in [0, 0.1) is 7.14 Å². The number of nitrogens with one attached hydrogen (secondary N) is 1. The zero-order valence-electron chi connectivity index (χ0n) is 17.7. The van der Waals surface area contributed by atoms with Crippen LogP contribution in [0.25, 0.3) is 10.8 Å². The number of aromatic carboxylic acids is 1. The summed E-state index contributed by atoms with van der Waals surface area (Å²) >= 11 is 4.39. The molecule has 170 valence electrons. The molecule has 0 heterocycles. The molecule has 2 N–H and O–H groups in total. The lowest BCUT2D eigenvalue weighted by Crippen LogP contribution is -2.18. The fourth-order valence-corrected chi connectivity index (χ4v) is 5.47. The minimum Gasteiger partial charge on any atom is -0.487 e. The van der Waals surface area contributed by atoms with Crippen LogP contribution in [0.5, 0.6) is 5.75 Å². The Labute approximate surface area is 223 Å². The lowest BCUT2D eigenvalue weighted by Gasteiger charge is -2.11. The third-order valence-electron chi connectivity index (χ3n) is 5.02. The molecule has 0 saturated heterocycles. The summed E-state index contributed by atoms with van der Waals surface area (Å²) in [5.41, 5.74) is 5.11. The Morgan fingerprint density at radius 2 is 1.62 bits per heavy atom. The summed E-state index contributed by atoms with van der Waals surface area (Å²) in [5, 5.41) is 15.0. The van der Waals surface area contributed by atoms with E-state index in [1.807, 2.05) is 48.5 Å². The van der Waals surface area contributed by atoms with Crippen LogP contribution in [-0.2, 0) is 6.61 Å². The molecule has 0 bridgehead atoms. The van der Waals surface area contributed by atoms with Crippen LogP contribution in [0.4, 0.5) is 0 Å². The number of amides is 1. The van der Waals surface area contributed by atoms with E-state index in [1.54, 1.807) is 36.5 Å². The number of ether oxygens (including phenoxy) is 1. The van der Waals surface area contributed by atoms with Crippen LogP contribution in [0.2, 0.25) is 0 Å². The summed E-state index contributed by atoms with van der Waals surface area (Å²) in [6.45, 7) is 0.320. The summed E-state index contributed by atoms with van der Waals surface area (Å²) in [7, 11) is 0. The number of hydrazone groups is 1. The first-order chi connectivity index (χ1) is 16.4. The SMILES string of the molecule is O=C(O)c1ccc(COc2c(I)cc(/C=N\NC(=O)c3cccc4ccccc34)cc2I)cc1. The van der Waals surface area contributed by atoms with Crippen LogP contribution >= 0.6 is 45.2 Å². The van der Waals surface area contributed by atoms with E-state index >= 15 is 0 Å². The largest absolute Gasteiger partial charge is 0.487 e. The van der Waals surface area contributed by atoms with Gasteiger partial charge in [-0.25, -0.2) is 10.2 Å². The summed E-state index contributed by atoms with van der Waals surface area (Å²) in [6, 6.07) is 23.7. The summed E-state index contributed by atoms with van der Waals surface area (Å²) in [4.78, 5) is 23.6. The first-order valence-corrected chi connectivity index (χ1v) is 12.3. The van der Waals surface area contributed by atoms with Gasteiger partial charge in [-0.05, 0) is 97.4 Å². The van der Waals surface area contributed by atoms with E-state index in [0.717, 1.165) is 34.8 Å². The molecule has 0 radical (unpaired) electrons. The van der Waals surface area contributed by atoms with Crippen molar-refractivity contribution in [2.24, 2.45) is 5.10 Å². The first-order valence-electron chi connectivity index (χ1n) is 10.2. The zero-order chi connectivity index (χ0) is 24.1. The number of halogens is 2. The molecule has 1 amide bonds. The van der Waals surface area contributed by atoms with Gasteiger partial charge in [-0.3, -0.25) is 4.79 Å². The Hall–Kier alpha value is -2.99. The number of carboxylic acids is 1. The monoisotopic (exact) mass is 676 g/mol. The van der Waals surface area contributed by atoms with Gasteiger partial charge in [0.05, 0.1) is 18.9 Å². The Morgan fingerprint density at radius 1 is 0.941 bits per heavy atom. The van der Waals surface area contributed by atoms with Gasteiger partial charge in [0.25, 0.3) is 5.91 Å². The normalized spacial score (nSPS) is 11.0. The molecule has 4 aromatic rings. The second kappa shape index (κ2) is 11.0. The van der Waals surface area contributed by atoms with Crippen LogP contribution in [0.15, 0.2) is 84.0 Å². The van der Waals surface area contributed by atoms with Gasteiger partial charge in [0.1, 0.15) is 12.4 Å². The van der Waals surface area contributed by atoms with Gasteiger partial charge in [-0.2, -0.15) is 5.10 Å². The third kappa shape index (κ3) is 5.73. The van der Waals surface area contributed by atoms with Gasteiger partial charge in [0.15, 0.2) is 0 Å². The maximum atomic E-state index is 12.6. The molecular weight excluding hydrogens is 658 g/mol. The molecule has 34 heavy (non-hydrogen) atoms. The lowest BCUT2D eigenvalue weighted by molar-refractivity contribution is 0.0696. The van der Waals surface area contributed by atoms with Gasteiger partial charge in [-0.1, -0.05) is 48.5 Å². The minimum atomic E-state index is -0.956. The van der Waals surface area contributed by atoms with Crippen molar-refractivity contribution in [1.82, 2.24) is 5.43 Å². The fraction of sp³-hybridized carbons (Fsp3) is 0.0385. The summed E-state index contributed by atoms with van der Waals surface area (Å²) < 4.78 is 7.77. The topological polar surface area (TPSA) is 88.0 Å². The van der Waals surface area contributed by atoms with Gasteiger partial charge >= 0.3 is 5.97 Å². The highest BCUT2D eigenvalue weighted by molar-refractivity contribution is 14.1. The van der Waals surface area contributed by atoms with Crippen LogP contribution in [0.3, 0.4) is 0 Å². The predicted octanol–water partition coefficient (Wildman–Crippen LogP) is 6.09. The number of rotatable bonds is 7. The van der Waals surface area contributed by atoms with E-state index in [9.17, 15) is 9.59 Å². The van der Waals surface area contributed by atoms with Crippen molar-refractivity contribution >= 4 is 74.0 Å².